The van der Waals surface area contributed by atoms with Crippen molar-refractivity contribution in [2.75, 3.05) is 18.9 Å². The molecule has 0 unspecified atom stereocenters. The van der Waals surface area contributed by atoms with E-state index in [1.54, 1.807) is 0 Å². The first-order chi connectivity index (χ1) is 10.1. The van der Waals surface area contributed by atoms with Crippen LogP contribution >= 0.6 is 0 Å². The van der Waals surface area contributed by atoms with E-state index in [4.69, 9.17) is 0 Å². The number of para-hydroxylation sites is 1. The molecule has 116 valence electrons. The van der Waals surface area contributed by atoms with Crippen molar-refractivity contribution in [3.63, 3.8) is 0 Å². The predicted molar refractivity (Wildman–Crippen MR) is 88.7 cm³/mol. The predicted octanol–water partition coefficient (Wildman–Crippen LogP) is 4.06. The number of anilines is 1. The second-order valence-corrected chi connectivity index (χ2v) is 6.78. The summed E-state index contributed by atoms with van der Waals surface area (Å²) in [6, 6.07) is 7.67. The number of amides is 1. The number of rotatable bonds is 6. The fourth-order valence-electron chi connectivity index (χ4n) is 3.71. The lowest BCUT2D eigenvalue weighted by Gasteiger charge is -2.31. The molecule has 1 aromatic rings. The quantitative estimate of drug-likeness (QED) is 0.828. The molecule has 2 N–H and O–H groups in total. The van der Waals surface area contributed by atoms with Gasteiger partial charge in [0.25, 0.3) is 5.91 Å². The topological polar surface area (TPSA) is 41.1 Å². The van der Waals surface area contributed by atoms with E-state index in [0.717, 1.165) is 17.8 Å². The number of carbonyl (C=O) groups excluding carboxylic acids is 1. The molecule has 1 aromatic carbocycles. The summed E-state index contributed by atoms with van der Waals surface area (Å²) in [7, 11) is 1.85. The highest BCUT2D eigenvalue weighted by molar-refractivity contribution is 5.99. The maximum Gasteiger partial charge on any atom is 0.253 e. The van der Waals surface area contributed by atoms with E-state index < -0.39 is 0 Å². The molecule has 3 nitrogen and oxygen atoms in total. The molecule has 0 atom stereocenters. The van der Waals surface area contributed by atoms with Crippen LogP contribution in [-0.4, -0.2) is 19.5 Å². The molecule has 1 aliphatic carbocycles. The molecule has 0 radical (unpaired) electrons. The lowest BCUT2D eigenvalue weighted by atomic mass is 9.78. The van der Waals surface area contributed by atoms with Crippen LogP contribution in [0.15, 0.2) is 24.3 Å². The van der Waals surface area contributed by atoms with Gasteiger partial charge in [0.1, 0.15) is 0 Å². The van der Waals surface area contributed by atoms with Crippen LogP contribution < -0.4 is 10.6 Å². The summed E-state index contributed by atoms with van der Waals surface area (Å²) in [4.78, 5) is 12.5. The van der Waals surface area contributed by atoms with E-state index in [2.05, 4.69) is 24.5 Å². The molecule has 1 aliphatic rings. The Hall–Kier alpha value is -1.51. The number of hydrogen-bond donors (Lipinski definition) is 2. The van der Waals surface area contributed by atoms with E-state index in [1.807, 2.05) is 31.3 Å². The highest BCUT2D eigenvalue weighted by Gasteiger charge is 2.34. The minimum Gasteiger partial charge on any atom is -0.387 e. The molecular weight excluding hydrogens is 260 g/mol. The Morgan fingerprint density at radius 3 is 2.52 bits per heavy atom. The van der Waals surface area contributed by atoms with Crippen LogP contribution in [0.2, 0.25) is 0 Å². The van der Waals surface area contributed by atoms with Gasteiger partial charge in [0.15, 0.2) is 0 Å². The maximum atomic E-state index is 12.5. The van der Waals surface area contributed by atoms with Crippen LogP contribution in [0, 0.1) is 11.3 Å². The molecular formula is C18H28N2O. The lowest BCUT2D eigenvalue weighted by Crippen LogP contribution is -2.37. The molecule has 0 bridgehead atoms. The second kappa shape index (κ2) is 6.97. The van der Waals surface area contributed by atoms with E-state index in [0.29, 0.717) is 11.3 Å². The molecule has 1 amide bonds. The summed E-state index contributed by atoms with van der Waals surface area (Å²) in [5.41, 5.74) is 1.94. The van der Waals surface area contributed by atoms with Gasteiger partial charge in [0.2, 0.25) is 0 Å². The number of carbonyl (C=O) groups is 1. The molecule has 1 saturated carbocycles. The molecule has 0 spiro atoms. The highest BCUT2D eigenvalue weighted by atomic mass is 16.1. The van der Waals surface area contributed by atoms with Gasteiger partial charge in [-0.2, -0.15) is 0 Å². The van der Waals surface area contributed by atoms with Gasteiger partial charge in [-0.1, -0.05) is 38.8 Å². The fraction of sp³-hybridized carbons (Fsp3) is 0.611. The third kappa shape index (κ3) is 3.99. The molecule has 0 aliphatic heterocycles. The molecule has 0 heterocycles. The van der Waals surface area contributed by atoms with Crippen molar-refractivity contribution in [1.82, 2.24) is 5.32 Å². The Kier molecular flexibility index (Phi) is 5.27. The standard InChI is InChI=1S/C18H28N2O/c1-14(2)12-18(10-6-7-11-18)13-20-17(21)15-8-4-5-9-16(15)19-3/h4-5,8-9,14,19H,6-7,10-13H2,1-3H3,(H,20,21). The zero-order chi connectivity index (χ0) is 15.3. The first kappa shape index (κ1) is 15.9. The fourth-order valence-corrected chi connectivity index (χ4v) is 3.71. The Balaban J connectivity index is 2.02. The van der Waals surface area contributed by atoms with Gasteiger partial charge in [-0.05, 0) is 42.7 Å². The minimum absolute atomic E-state index is 0.0370. The van der Waals surface area contributed by atoms with Crippen molar-refractivity contribution in [1.29, 1.82) is 0 Å². The summed E-state index contributed by atoms with van der Waals surface area (Å²) in [6.45, 7) is 5.36. The smallest absolute Gasteiger partial charge is 0.253 e. The Morgan fingerprint density at radius 2 is 1.90 bits per heavy atom. The summed E-state index contributed by atoms with van der Waals surface area (Å²) < 4.78 is 0. The Morgan fingerprint density at radius 1 is 1.24 bits per heavy atom. The van der Waals surface area contributed by atoms with Gasteiger partial charge < -0.3 is 10.6 Å². The first-order valence-corrected chi connectivity index (χ1v) is 8.11. The van der Waals surface area contributed by atoms with Crippen molar-refractivity contribution in [3.05, 3.63) is 29.8 Å². The molecule has 2 rings (SSSR count). The highest BCUT2D eigenvalue weighted by Crippen LogP contribution is 2.42. The maximum absolute atomic E-state index is 12.5. The van der Waals surface area contributed by atoms with Crippen molar-refractivity contribution >= 4 is 11.6 Å². The SMILES string of the molecule is CNc1ccccc1C(=O)NCC1(CC(C)C)CCCC1. The third-order valence-electron chi connectivity index (χ3n) is 4.57. The van der Waals surface area contributed by atoms with Crippen LogP contribution in [0.25, 0.3) is 0 Å². The van der Waals surface area contributed by atoms with Crippen molar-refractivity contribution < 1.29 is 4.79 Å². The number of nitrogens with one attached hydrogen (secondary N) is 2. The largest absolute Gasteiger partial charge is 0.387 e. The van der Waals surface area contributed by atoms with Crippen LogP contribution in [-0.2, 0) is 0 Å². The van der Waals surface area contributed by atoms with Crippen LogP contribution in [0.3, 0.4) is 0 Å². The zero-order valence-corrected chi connectivity index (χ0v) is 13.5. The normalized spacial score (nSPS) is 17.0. The van der Waals surface area contributed by atoms with Crippen molar-refractivity contribution in [2.45, 2.75) is 46.0 Å². The van der Waals surface area contributed by atoms with Gasteiger partial charge in [0, 0.05) is 19.3 Å². The Bertz CT molecular complexity index is 476. The van der Waals surface area contributed by atoms with E-state index in [9.17, 15) is 4.79 Å². The van der Waals surface area contributed by atoms with E-state index in [-0.39, 0.29) is 5.91 Å². The van der Waals surface area contributed by atoms with Gasteiger partial charge in [-0.15, -0.1) is 0 Å². The average molecular weight is 288 g/mol. The van der Waals surface area contributed by atoms with Gasteiger partial charge >= 0.3 is 0 Å². The first-order valence-electron chi connectivity index (χ1n) is 8.11. The average Bonchev–Trinajstić information content (AvgIpc) is 2.92. The van der Waals surface area contributed by atoms with Gasteiger partial charge in [0.05, 0.1) is 5.56 Å². The molecule has 3 heteroatoms. The minimum atomic E-state index is 0.0370. The lowest BCUT2D eigenvalue weighted by molar-refractivity contribution is 0.0922. The molecule has 0 aromatic heterocycles. The summed E-state index contributed by atoms with van der Waals surface area (Å²) in [5.74, 6) is 0.722. The zero-order valence-electron chi connectivity index (χ0n) is 13.5. The van der Waals surface area contributed by atoms with Gasteiger partial charge in [-0.3, -0.25) is 4.79 Å². The van der Waals surface area contributed by atoms with E-state index in [1.165, 1.54) is 32.1 Å². The Labute approximate surface area is 128 Å². The van der Waals surface area contributed by atoms with Crippen molar-refractivity contribution in [3.8, 4) is 0 Å². The summed E-state index contributed by atoms with van der Waals surface area (Å²) in [6.07, 6.45) is 6.31. The van der Waals surface area contributed by atoms with Gasteiger partial charge in [-0.25, -0.2) is 0 Å². The number of hydrogen-bond acceptors (Lipinski definition) is 2. The van der Waals surface area contributed by atoms with E-state index >= 15 is 0 Å². The summed E-state index contributed by atoms with van der Waals surface area (Å²) in [5, 5.41) is 6.27. The number of benzene rings is 1. The molecule has 0 saturated heterocycles. The monoisotopic (exact) mass is 288 g/mol. The molecule has 21 heavy (non-hydrogen) atoms. The van der Waals surface area contributed by atoms with Crippen LogP contribution in [0.1, 0.15) is 56.3 Å². The van der Waals surface area contributed by atoms with Crippen LogP contribution in [0.4, 0.5) is 5.69 Å². The summed E-state index contributed by atoms with van der Waals surface area (Å²) >= 11 is 0. The van der Waals surface area contributed by atoms with Crippen molar-refractivity contribution in [2.24, 2.45) is 11.3 Å². The molecule has 1 fully saturated rings. The third-order valence-corrected chi connectivity index (χ3v) is 4.57. The second-order valence-electron chi connectivity index (χ2n) is 6.78. The van der Waals surface area contributed by atoms with Crippen LogP contribution in [0.5, 0.6) is 0 Å².